The lowest BCUT2D eigenvalue weighted by atomic mass is 10.0. The van der Waals surface area contributed by atoms with Crippen LogP contribution in [0.25, 0.3) is 0 Å². The van der Waals surface area contributed by atoms with Crippen molar-refractivity contribution in [2.45, 2.75) is 13.5 Å². The third kappa shape index (κ3) is 2.79. The Labute approximate surface area is 103 Å². The van der Waals surface area contributed by atoms with Gasteiger partial charge in [-0.1, -0.05) is 5.92 Å². The minimum Gasteiger partial charge on any atom is -0.398 e. The molecule has 0 amide bonds. The topological polar surface area (TPSA) is 41.3 Å². The number of terminal acetylenes is 1. The van der Waals surface area contributed by atoms with E-state index in [1.165, 1.54) is 5.56 Å². The molecule has 0 unspecified atom stereocenters. The summed E-state index contributed by atoms with van der Waals surface area (Å²) in [7, 11) is 0. The Morgan fingerprint density at radius 2 is 2.12 bits per heavy atom. The molecule has 0 atom stereocenters. The van der Waals surface area contributed by atoms with Gasteiger partial charge in [0.05, 0.1) is 0 Å². The van der Waals surface area contributed by atoms with Gasteiger partial charge in [-0.2, -0.15) is 0 Å². The maximum Gasteiger partial charge on any atom is 0.0359 e. The Morgan fingerprint density at radius 1 is 1.41 bits per heavy atom. The molecule has 3 N–H and O–H groups in total. The number of piperazine rings is 1. The van der Waals surface area contributed by atoms with Crippen LogP contribution in [-0.4, -0.2) is 31.1 Å². The van der Waals surface area contributed by atoms with Crippen molar-refractivity contribution >= 4 is 5.69 Å². The van der Waals surface area contributed by atoms with E-state index in [4.69, 9.17) is 12.2 Å². The maximum atomic E-state index is 5.98. The maximum absolute atomic E-state index is 5.98. The lowest BCUT2D eigenvalue weighted by Gasteiger charge is -2.28. The molecule has 1 saturated heterocycles. The zero-order valence-electron chi connectivity index (χ0n) is 10.3. The summed E-state index contributed by atoms with van der Waals surface area (Å²) in [6.07, 6.45) is 5.44. The smallest absolute Gasteiger partial charge is 0.0359 e. The molecule has 17 heavy (non-hydrogen) atoms. The lowest BCUT2D eigenvalue weighted by molar-refractivity contribution is 0.233. The second-order valence-corrected chi connectivity index (χ2v) is 4.52. The minimum atomic E-state index is 0.797. The number of nitrogen functional groups attached to an aromatic ring is 1. The Bertz CT molecular complexity index is 440. The Kier molecular flexibility index (Phi) is 3.68. The second-order valence-electron chi connectivity index (χ2n) is 4.52. The number of anilines is 1. The molecule has 1 fully saturated rings. The third-order valence-electron chi connectivity index (χ3n) is 3.33. The van der Waals surface area contributed by atoms with Crippen molar-refractivity contribution in [1.29, 1.82) is 0 Å². The summed E-state index contributed by atoms with van der Waals surface area (Å²) in [6.45, 7) is 7.28. The molecule has 1 aliphatic rings. The first kappa shape index (κ1) is 12.0. The lowest BCUT2D eigenvalue weighted by Crippen LogP contribution is -2.43. The van der Waals surface area contributed by atoms with Crippen molar-refractivity contribution in [3.8, 4) is 12.3 Å². The molecule has 1 heterocycles. The molecule has 0 bridgehead atoms. The first-order valence-electron chi connectivity index (χ1n) is 5.99. The minimum absolute atomic E-state index is 0.797. The molecule has 0 saturated carbocycles. The average molecular weight is 229 g/mol. The van der Waals surface area contributed by atoms with Crippen LogP contribution in [0.1, 0.15) is 16.7 Å². The van der Waals surface area contributed by atoms with Crippen LogP contribution < -0.4 is 11.1 Å². The number of nitrogens with one attached hydrogen (secondary N) is 1. The molecule has 2 rings (SSSR count). The molecule has 1 aliphatic heterocycles. The molecular formula is C14H19N3. The summed E-state index contributed by atoms with van der Waals surface area (Å²) in [5.74, 6) is 2.66. The van der Waals surface area contributed by atoms with Crippen molar-refractivity contribution in [3.63, 3.8) is 0 Å². The third-order valence-corrected chi connectivity index (χ3v) is 3.33. The van der Waals surface area contributed by atoms with Gasteiger partial charge in [-0.25, -0.2) is 0 Å². The van der Waals surface area contributed by atoms with E-state index >= 15 is 0 Å². The molecule has 3 nitrogen and oxygen atoms in total. The highest BCUT2D eigenvalue weighted by molar-refractivity contribution is 5.56. The molecule has 1 aromatic carbocycles. The quantitative estimate of drug-likeness (QED) is 0.586. The van der Waals surface area contributed by atoms with E-state index in [0.717, 1.165) is 49.5 Å². The number of nitrogens with zero attached hydrogens (tertiary/aromatic N) is 1. The molecule has 0 aliphatic carbocycles. The van der Waals surface area contributed by atoms with Crippen LogP contribution in [0, 0.1) is 19.3 Å². The highest BCUT2D eigenvalue weighted by Gasteiger charge is 2.12. The largest absolute Gasteiger partial charge is 0.398 e. The molecule has 3 heteroatoms. The van der Waals surface area contributed by atoms with Gasteiger partial charge in [0.1, 0.15) is 0 Å². The fraction of sp³-hybridized carbons (Fsp3) is 0.429. The predicted molar refractivity (Wildman–Crippen MR) is 71.7 cm³/mol. The van der Waals surface area contributed by atoms with Crippen LogP contribution >= 0.6 is 0 Å². The van der Waals surface area contributed by atoms with Crippen LogP contribution in [0.2, 0.25) is 0 Å². The van der Waals surface area contributed by atoms with E-state index in [1.54, 1.807) is 0 Å². The normalized spacial score (nSPS) is 16.7. The Balaban J connectivity index is 2.19. The second kappa shape index (κ2) is 5.22. The first-order valence-corrected chi connectivity index (χ1v) is 5.99. The number of hydrogen-bond acceptors (Lipinski definition) is 3. The fourth-order valence-electron chi connectivity index (χ4n) is 2.16. The molecule has 0 aromatic heterocycles. The van der Waals surface area contributed by atoms with Crippen molar-refractivity contribution in [2.24, 2.45) is 0 Å². The molecular weight excluding hydrogens is 210 g/mol. The molecule has 0 radical (unpaired) electrons. The van der Waals surface area contributed by atoms with Crippen LogP contribution in [0.5, 0.6) is 0 Å². The van der Waals surface area contributed by atoms with Gasteiger partial charge in [-0.3, -0.25) is 4.90 Å². The SMILES string of the molecule is C#Cc1cc(N)c(C)c(CN2CCNCC2)c1. The van der Waals surface area contributed by atoms with Crippen molar-refractivity contribution < 1.29 is 0 Å². The first-order chi connectivity index (χ1) is 8.20. The van der Waals surface area contributed by atoms with E-state index in [1.807, 2.05) is 6.07 Å². The number of benzene rings is 1. The van der Waals surface area contributed by atoms with Crippen LogP contribution in [0.3, 0.4) is 0 Å². The fourth-order valence-corrected chi connectivity index (χ4v) is 2.16. The van der Waals surface area contributed by atoms with Crippen LogP contribution in [-0.2, 0) is 6.54 Å². The van der Waals surface area contributed by atoms with Gasteiger partial charge >= 0.3 is 0 Å². The summed E-state index contributed by atoms with van der Waals surface area (Å²) in [4.78, 5) is 2.43. The molecule has 90 valence electrons. The number of hydrogen-bond donors (Lipinski definition) is 2. The highest BCUT2D eigenvalue weighted by atomic mass is 15.2. The van der Waals surface area contributed by atoms with Gasteiger partial charge in [0, 0.05) is 44.0 Å². The summed E-state index contributed by atoms with van der Waals surface area (Å²) in [5.41, 5.74) is 10.1. The Hall–Kier alpha value is -1.50. The zero-order valence-corrected chi connectivity index (χ0v) is 10.3. The van der Waals surface area contributed by atoms with E-state index in [-0.39, 0.29) is 0 Å². The predicted octanol–water partition coefficient (Wildman–Crippen LogP) is 0.964. The monoisotopic (exact) mass is 229 g/mol. The van der Waals surface area contributed by atoms with Crippen LogP contribution in [0.15, 0.2) is 12.1 Å². The van der Waals surface area contributed by atoms with Gasteiger partial charge in [0.25, 0.3) is 0 Å². The summed E-state index contributed by atoms with van der Waals surface area (Å²) < 4.78 is 0. The van der Waals surface area contributed by atoms with Crippen molar-refractivity contribution in [1.82, 2.24) is 10.2 Å². The van der Waals surface area contributed by atoms with Crippen LogP contribution in [0.4, 0.5) is 5.69 Å². The Morgan fingerprint density at radius 3 is 2.76 bits per heavy atom. The van der Waals surface area contributed by atoms with Gasteiger partial charge in [0.2, 0.25) is 0 Å². The summed E-state index contributed by atoms with van der Waals surface area (Å²) in [5, 5.41) is 3.35. The van der Waals surface area contributed by atoms with Gasteiger partial charge in [-0.05, 0) is 30.2 Å². The molecule has 1 aromatic rings. The molecule has 0 spiro atoms. The van der Waals surface area contributed by atoms with Gasteiger partial charge in [0.15, 0.2) is 0 Å². The van der Waals surface area contributed by atoms with Gasteiger partial charge in [-0.15, -0.1) is 6.42 Å². The highest BCUT2D eigenvalue weighted by Crippen LogP contribution is 2.20. The van der Waals surface area contributed by atoms with E-state index < -0.39 is 0 Å². The van der Waals surface area contributed by atoms with Crippen molar-refractivity contribution in [2.75, 3.05) is 31.9 Å². The number of nitrogens with two attached hydrogens (primary N) is 1. The van der Waals surface area contributed by atoms with E-state index in [0.29, 0.717) is 0 Å². The standard InChI is InChI=1S/C14H19N3/c1-3-12-8-13(11(2)14(15)9-12)10-17-6-4-16-5-7-17/h1,8-9,16H,4-7,10,15H2,2H3. The van der Waals surface area contributed by atoms with E-state index in [9.17, 15) is 0 Å². The van der Waals surface area contributed by atoms with E-state index in [2.05, 4.69) is 29.1 Å². The summed E-state index contributed by atoms with van der Waals surface area (Å²) in [6, 6.07) is 3.95. The number of rotatable bonds is 2. The summed E-state index contributed by atoms with van der Waals surface area (Å²) >= 11 is 0. The zero-order chi connectivity index (χ0) is 12.3. The van der Waals surface area contributed by atoms with Crippen molar-refractivity contribution in [3.05, 3.63) is 28.8 Å². The van der Waals surface area contributed by atoms with Gasteiger partial charge < -0.3 is 11.1 Å². The average Bonchev–Trinajstić information content (AvgIpc) is 2.36.